The zero-order valence-corrected chi connectivity index (χ0v) is 3.96. The van der Waals surface area contributed by atoms with E-state index in [1.807, 2.05) is 0 Å². The van der Waals surface area contributed by atoms with E-state index >= 15 is 0 Å². The average molecular weight is 129 g/mol. The van der Waals surface area contributed by atoms with Crippen LogP contribution in [-0.4, -0.2) is 21.9 Å². The van der Waals surface area contributed by atoms with Crippen molar-refractivity contribution in [2.24, 2.45) is 5.16 Å². The first-order valence-corrected chi connectivity index (χ1v) is 1.82. The molecule has 0 fully saturated rings. The molecule has 0 aromatic heterocycles. The Morgan fingerprint density at radius 2 is 1.75 bits per heavy atom. The fourth-order valence-corrected chi connectivity index (χ4v) is 0.165. The zero-order chi connectivity index (χ0) is 5.70. The van der Waals surface area contributed by atoms with Gasteiger partial charge in [-0.2, -0.15) is 0 Å². The first kappa shape index (κ1) is 10.2. The molecule has 0 radical (unpaired) electrons. The number of rotatable bonds is 2. The van der Waals surface area contributed by atoms with Gasteiger partial charge in [-0.15, -0.1) is 0 Å². The Kier molecular flexibility index (Phi) is 7.87. The summed E-state index contributed by atoms with van der Waals surface area (Å²) in [5, 5.41) is 10.8. The van der Waals surface area contributed by atoms with Gasteiger partial charge in [0.15, 0.2) is 0 Å². The van der Waals surface area contributed by atoms with Crippen LogP contribution >= 0.6 is 0 Å². The van der Waals surface area contributed by atoms with Crippen molar-refractivity contribution in [2.75, 3.05) is 0 Å². The van der Waals surface area contributed by atoms with Crippen LogP contribution in [0.5, 0.6) is 0 Å². The van der Waals surface area contributed by atoms with Gasteiger partial charge in [0.25, 0.3) is 0 Å². The molecule has 8 heavy (non-hydrogen) atoms. The van der Waals surface area contributed by atoms with Crippen molar-refractivity contribution in [2.45, 2.75) is 0 Å². The number of nitrogens with zero attached hydrogens (tertiary/aromatic N) is 1. The molecule has 0 bridgehead atoms. The molecule has 0 aliphatic rings. The van der Waals surface area contributed by atoms with E-state index < -0.39 is 0 Å². The van der Waals surface area contributed by atoms with Crippen LogP contribution < -0.4 is 0 Å². The number of hydrogen-bond donors (Lipinski definition) is 1. The van der Waals surface area contributed by atoms with Crippen molar-refractivity contribution in [3.63, 3.8) is 0 Å². The second kappa shape index (κ2) is 6.17. The third-order valence-electron chi connectivity index (χ3n) is 0.534. The van der Waals surface area contributed by atoms with E-state index in [9.17, 15) is 0 Å². The van der Waals surface area contributed by atoms with Crippen molar-refractivity contribution in [3.8, 4) is 0 Å². The Labute approximate surface area is 53.2 Å². The Morgan fingerprint density at radius 3 is 1.75 bits per heavy atom. The lowest BCUT2D eigenvalue weighted by atomic mass is 10.4. The molecule has 0 atom stereocenters. The number of oxime groups is 1. The smallest absolute Gasteiger partial charge is 0.101 e. The minimum atomic E-state index is 0. The molecular formula is C5H11NOSi. The molecule has 1 N–H and O–H groups in total. The van der Waals surface area contributed by atoms with E-state index in [1.54, 1.807) is 0 Å². The lowest BCUT2D eigenvalue weighted by Crippen LogP contribution is -1.81. The van der Waals surface area contributed by atoms with Crippen LogP contribution in [0.4, 0.5) is 0 Å². The molecule has 0 amide bonds. The van der Waals surface area contributed by atoms with Gasteiger partial charge in [-0.25, -0.2) is 0 Å². The summed E-state index contributed by atoms with van der Waals surface area (Å²) in [5.74, 6) is 0. The average Bonchev–Trinajstić information content (AvgIpc) is 1.72. The van der Waals surface area contributed by atoms with Gasteiger partial charge < -0.3 is 5.21 Å². The first-order chi connectivity index (χ1) is 3.35. The standard InChI is InChI=1S/C5H7NO.H4Si/c1-3-5(4-2)6-7;/h3-4,7H,1-2H2;1H4. The molecule has 0 saturated heterocycles. The monoisotopic (exact) mass is 129 g/mol. The van der Waals surface area contributed by atoms with Gasteiger partial charge >= 0.3 is 0 Å². The van der Waals surface area contributed by atoms with Crippen molar-refractivity contribution in [3.05, 3.63) is 25.3 Å². The van der Waals surface area contributed by atoms with Crippen molar-refractivity contribution >= 4 is 16.7 Å². The van der Waals surface area contributed by atoms with Crippen molar-refractivity contribution < 1.29 is 5.21 Å². The number of allylic oxidation sites excluding steroid dienone is 2. The summed E-state index contributed by atoms with van der Waals surface area (Å²) in [5.41, 5.74) is 0.389. The summed E-state index contributed by atoms with van der Waals surface area (Å²) in [7, 11) is 0. The third kappa shape index (κ3) is 3.36. The minimum absolute atomic E-state index is 0. The van der Waals surface area contributed by atoms with Gasteiger partial charge in [0.05, 0.1) is 0 Å². The summed E-state index contributed by atoms with van der Waals surface area (Å²) < 4.78 is 0. The molecule has 2 nitrogen and oxygen atoms in total. The summed E-state index contributed by atoms with van der Waals surface area (Å²) in [4.78, 5) is 0. The van der Waals surface area contributed by atoms with Gasteiger partial charge in [-0.1, -0.05) is 18.3 Å². The number of hydrogen-bond acceptors (Lipinski definition) is 2. The largest absolute Gasteiger partial charge is 0.410 e. The fraction of sp³-hybridized carbons (Fsp3) is 0. The molecule has 0 heterocycles. The van der Waals surface area contributed by atoms with Gasteiger partial charge in [-0.3, -0.25) is 0 Å². The fourth-order valence-electron chi connectivity index (χ4n) is 0.165. The molecule has 0 aliphatic carbocycles. The predicted octanol–water partition coefficient (Wildman–Crippen LogP) is -0.263. The zero-order valence-electron chi connectivity index (χ0n) is 3.96. The summed E-state index contributed by atoms with van der Waals surface area (Å²) in [6.45, 7) is 6.68. The quantitative estimate of drug-likeness (QED) is 0.237. The normalized spacial score (nSPS) is 6.00. The summed E-state index contributed by atoms with van der Waals surface area (Å²) in [6, 6.07) is 0. The highest BCUT2D eigenvalue weighted by atomic mass is 28.1. The molecule has 0 saturated carbocycles. The highest BCUT2D eigenvalue weighted by Gasteiger charge is 1.77. The molecule has 3 heteroatoms. The lowest BCUT2D eigenvalue weighted by molar-refractivity contribution is 0.320. The molecule has 0 aromatic carbocycles. The maximum atomic E-state index is 7.97. The van der Waals surface area contributed by atoms with Gasteiger partial charge in [0.2, 0.25) is 0 Å². The van der Waals surface area contributed by atoms with Crippen LogP contribution in [0.25, 0.3) is 0 Å². The molecule has 0 rings (SSSR count). The van der Waals surface area contributed by atoms with Crippen molar-refractivity contribution in [1.82, 2.24) is 0 Å². The van der Waals surface area contributed by atoms with Crippen LogP contribution in [0.15, 0.2) is 30.5 Å². The van der Waals surface area contributed by atoms with Crippen LogP contribution in [0, 0.1) is 0 Å². The first-order valence-electron chi connectivity index (χ1n) is 1.82. The van der Waals surface area contributed by atoms with E-state index in [1.165, 1.54) is 12.2 Å². The Balaban J connectivity index is 0. The van der Waals surface area contributed by atoms with E-state index in [4.69, 9.17) is 5.21 Å². The summed E-state index contributed by atoms with van der Waals surface area (Å²) >= 11 is 0. The Bertz CT molecular complexity index is 99.0. The minimum Gasteiger partial charge on any atom is -0.410 e. The van der Waals surface area contributed by atoms with E-state index in [0.29, 0.717) is 5.71 Å². The van der Waals surface area contributed by atoms with Crippen LogP contribution in [0.1, 0.15) is 0 Å². The molecule has 0 unspecified atom stereocenters. The third-order valence-corrected chi connectivity index (χ3v) is 0.534. The van der Waals surface area contributed by atoms with E-state index in [2.05, 4.69) is 18.3 Å². The van der Waals surface area contributed by atoms with E-state index in [-0.39, 0.29) is 11.0 Å². The SMILES string of the molecule is C=CC(C=C)=NO.[SiH4]. The highest BCUT2D eigenvalue weighted by molar-refractivity contribution is 6.02. The second-order valence-electron chi connectivity index (χ2n) is 0.933. The predicted molar refractivity (Wildman–Crippen MR) is 40.9 cm³/mol. The topological polar surface area (TPSA) is 32.6 Å². The van der Waals surface area contributed by atoms with Gasteiger partial charge in [0, 0.05) is 0 Å². The van der Waals surface area contributed by atoms with Crippen LogP contribution in [-0.2, 0) is 0 Å². The second-order valence-corrected chi connectivity index (χ2v) is 0.933. The lowest BCUT2D eigenvalue weighted by Gasteiger charge is -1.79. The van der Waals surface area contributed by atoms with Crippen LogP contribution in [0.2, 0.25) is 0 Å². The Morgan fingerprint density at radius 1 is 1.38 bits per heavy atom. The van der Waals surface area contributed by atoms with Gasteiger partial charge in [0.1, 0.15) is 5.71 Å². The molecule has 0 spiro atoms. The van der Waals surface area contributed by atoms with Crippen molar-refractivity contribution in [1.29, 1.82) is 0 Å². The molecule has 46 valence electrons. The van der Waals surface area contributed by atoms with E-state index in [0.717, 1.165) is 0 Å². The molecule has 0 aromatic rings. The summed E-state index contributed by atoms with van der Waals surface area (Å²) in [6.07, 6.45) is 2.82. The molecular weight excluding hydrogens is 118 g/mol. The highest BCUT2D eigenvalue weighted by Crippen LogP contribution is 1.75. The maximum Gasteiger partial charge on any atom is 0.101 e. The molecule has 0 aliphatic heterocycles. The Hall–Kier alpha value is -0.833. The van der Waals surface area contributed by atoms with Crippen LogP contribution in [0.3, 0.4) is 0 Å². The maximum absolute atomic E-state index is 7.97. The van der Waals surface area contributed by atoms with Gasteiger partial charge in [-0.05, 0) is 23.1 Å².